The number of hydrogen-bond acceptors (Lipinski definition) is 4. The van der Waals surface area contributed by atoms with Crippen LogP contribution >= 0.6 is 0 Å². The number of primary sulfonamides is 1. The molecule has 0 aliphatic carbocycles. The lowest BCUT2D eigenvalue weighted by molar-refractivity contribution is -0.174. The van der Waals surface area contributed by atoms with Gasteiger partial charge in [-0.3, -0.25) is 0 Å². The minimum absolute atomic E-state index is 0.0773. The Hall–Kier alpha value is -1.13. The summed E-state index contributed by atoms with van der Waals surface area (Å²) in [5, 5.41) is 4.67. The highest BCUT2D eigenvalue weighted by molar-refractivity contribution is 7.89. The van der Waals surface area contributed by atoms with Crippen molar-refractivity contribution in [2.24, 2.45) is 5.14 Å². The Morgan fingerprint density at radius 1 is 1.45 bits per heavy atom. The van der Waals surface area contributed by atoms with Crippen LogP contribution in [0.3, 0.4) is 0 Å². The predicted molar refractivity (Wildman–Crippen MR) is 64.5 cm³/mol. The molecule has 0 amide bonds. The van der Waals surface area contributed by atoms with Gasteiger partial charge in [-0.2, -0.15) is 13.2 Å². The lowest BCUT2D eigenvalue weighted by atomic mass is 10.3. The molecule has 116 valence electrons. The van der Waals surface area contributed by atoms with Crippen LogP contribution < -0.4 is 5.14 Å². The third kappa shape index (κ3) is 5.47. The summed E-state index contributed by atoms with van der Waals surface area (Å²) in [4.78, 5) is 3.87. The second-order valence-electron chi connectivity index (χ2n) is 4.15. The quantitative estimate of drug-likeness (QED) is 0.762. The summed E-state index contributed by atoms with van der Waals surface area (Å²) in [7, 11) is -3.93. The summed E-state index contributed by atoms with van der Waals surface area (Å²) >= 11 is 0. The van der Waals surface area contributed by atoms with Crippen molar-refractivity contribution in [3.63, 3.8) is 0 Å². The molecule has 0 spiro atoms. The summed E-state index contributed by atoms with van der Waals surface area (Å²) in [6.45, 7) is 0.410. The standard InChI is InChI=1S/C10H16F3N3O3S/c1-2-3-8-15-9(20(14,17)18)6-16(8)4-5-19-7-10(11,12)13/h6H,2-5,7H2,1H3,(H2,14,17,18). The van der Waals surface area contributed by atoms with E-state index in [0.29, 0.717) is 18.7 Å². The Labute approximate surface area is 114 Å². The van der Waals surface area contributed by atoms with Gasteiger partial charge in [-0.25, -0.2) is 18.5 Å². The van der Waals surface area contributed by atoms with Crippen molar-refractivity contribution in [1.29, 1.82) is 0 Å². The van der Waals surface area contributed by atoms with Gasteiger partial charge < -0.3 is 9.30 Å². The zero-order valence-corrected chi connectivity index (χ0v) is 11.7. The molecule has 0 aliphatic rings. The Bertz CT molecular complexity index is 540. The molecule has 6 nitrogen and oxygen atoms in total. The fraction of sp³-hybridized carbons (Fsp3) is 0.700. The number of nitrogens with zero attached hydrogens (tertiary/aromatic N) is 2. The number of aryl methyl sites for hydroxylation is 1. The van der Waals surface area contributed by atoms with Crippen LogP contribution in [0.15, 0.2) is 11.2 Å². The van der Waals surface area contributed by atoms with Crippen molar-refractivity contribution in [3.8, 4) is 0 Å². The maximum Gasteiger partial charge on any atom is 0.411 e. The first-order valence-corrected chi connectivity index (χ1v) is 7.41. The Morgan fingerprint density at radius 2 is 2.10 bits per heavy atom. The van der Waals surface area contributed by atoms with Gasteiger partial charge >= 0.3 is 6.18 Å². The van der Waals surface area contributed by atoms with E-state index in [0.717, 1.165) is 0 Å². The number of aromatic nitrogens is 2. The van der Waals surface area contributed by atoms with Crippen molar-refractivity contribution in [1.82, 2.24) is 9.55 Å². The van der Waals surface area contributed by atoms with Crippen molar-refractivity contribution in [2.75, 3.05) is 13.2 Å². The maximum atomic E-state index is 11.9. The van der Waals surface area contributed by atoms with Crippen molar-refractivity contribution in [3.05, 3.63) is 12.0 Å². The SMILES string of the molecule is CCCc1nc(S(N)(=O)=O)cn1CCOCC(F)(F)F. The topological polar surface area (TPSA) is 87.2 Å². The molecule has 0 unspecified atom stereocenters. The molecule has 1 aromatic rings. The summed E-state index contributed by atoms with van der Waals surface area (Å²) in [5.74, 6) is 0.451. The van der Waals surface area contributed by atoms with E-state index in [2.05, 4.69) is 9.72 Å². The second-order valence-corrected chi connectivity index (χ2v) is 5.66. The fourth-order valence-corrected chi connectivity index (χ4v) is 2.04. The first kappa shape index (κ1) is 16.9. The third-order valence-electron chi connectivity index (χ3n) is 2.34. The van der Waals surface area contributed by atoms with E-state index in [9.17, 15) is 21.6 Å². The predicted octanol–water partition coefficient (Wildman–Crippen LogP) is 1.06. The second kappa shape index (κ2) is 6.55. The lowest BCUT2D eigenvalue weighted by Gasteiger charge is -2.09. The Morgan fingerprint density at radius 3 is 2.60 bits per heavy atom. The average molecular weight is 315 g/mol. The molecule has 0 atom stereocenters. The van der Waals surface area contributed by atoms with Gasteiger partial charge in [-0.05, 0) is 6.42 Å². The third-order valence-corrected chi connectivity index (χ3v) is 3.12. The highest BCUT2D eigenvalue weighted by Crippen LogP contribution is 2.15. The van der Waals surface area contributed by atoms with Crippen LogP contribution in [0.5, 0.6) is 0 Å². The van der Waals surface area contributed by atoms with Crippen LogP contribution in [0.2, 0.25) is 0 Å². The molecule has 1 rings (SSSR count). The minimum atomic E-state index is -4.38. The van der Waals surface area contributed by atoms with Gasteiger partial charge in [0.1, 0.15) is 12.4 Å². The Kier molecular flexibility index (Phi) is 5.54. The van der Waals surface area contributed by atoms with Crippen LogP contribution in [0, 0.1) is 0 Å². The maximum absolute atomic E-state index is 11.9. The van der Waals surface area contributed by atoms with Crippen LogP contribution in [-0.4, -0.2) is 37.4 Å². The van der Waals surface area contributed by atoms with E-state index >= 15 is 0 Å². The van der Waals surface area contributed by atoms with E-state index in [1.54, 1.807) is 0 Å². The molecule has 10 heteroatoms. The minimum Gasteiger partial charge on any atom is -0.370 e. The number of hydrogen-bond donors (Lipinski definition) is 1. The van der Waals surface area contributed by atoms with Gasteiger partial charge in [0.25, 0.3) is 10.0 Å². The zero-order valence-electron chi connectivity index (χ0n) is 10.9. The van der Waals surface area contributed by atoms with Crippen LogP contribution in [0.4, 0.5) is 13.2 Å². The summed E-state index contributed by atoms with van der Waals surface area (Å²) < 4.78 is 64.0. The molecule has 0 radical (unpaired) electrons. The molecular formula is C10H16F3N3O3S. The molecule has 0 saturated heterocycles. The Balaban J connectivity index is 2.70. The largest absolute Gasteiger partial charge is 0.411 e. The molecule has 1 heterocycles. The van der Waals surface area contributed by atoms with Crippen LogP contribution in [-0.2, 0) is 27.7 Å². The van der Waals surface area contributed by atoms with E-state index in [4.69, 9.17) is 5.14 Å². The number of halogens is 3. The number of sulfonamides is 1. The molecular weight excluding hydrogens is 299 g/mol. The molecule has 0 bridgehead atoms. The van der Waals surface area contributed by atoms with Crippen LogP contribution in [0.1, 0.15) is 19.2 Å². The first-order valence-electron chi connectivity index (χ1n) is 5.87. The van der Waals surface area contributed by atoms with E-state index in [1.807, 2.05) is 6.92 Å². The van der Waals surface area contributed by atoms with Crippen molar-refractivity contribution < 1.29 is 26.3 Å². The fourth-order valence-electron chi connectivity index (χ4n) is 1.53. The van der Waals surface area contributed by atoms with Crippen LogP contribution in [0.25, 0.3) is 0 Å². The van der Waals surface area contributed by atoms with Gasteiger partial charge in [0, 0.05) is 19.2 Å². The number of rotatable bonds is 7. The highest BCUT2D eigenvalue weighted by atomic mass is 32.2. The van der Waals surface area contributed by atoms with Gasteiger partial charge in [0.05, 0.1) is 6.61 Å². The molecule has 0 aromatic carbocycles. The average Bonchev–Trinajstić information content (AvgIpc) is 2.67. The summed E-state index contributed by atoms with van der Waals surface area (Å²) in [6.07, 6.45) is -1.97. The number of nitrogens with two attached hydrogens (primary N) is 1. The van der Waals surface area contributed by atoms with Crippen molar-refractivity contribution in [2.45, 2.75) is 37.5 Å². The highest BCUT2D eigenvalue weighted by Gasteiger charge is 2.27. The summed E-state index contributed by atoms with van der Waals surface area (Å²) in [6, 6.07) is 0. The van der Waals surface area contributed by atoms with E-state index < -0.39 is 22.8 Å². The van der Waals surface area contributed by atoms with Gasteiger partial charge in [0.15, 0.2) is 5.03 Å². The van der Waals surface area contributed by atoms with Gasteiger partial charge in [-0.1, -0.05) is 6.92 Å². The molecule has 0 aliphatic heterocycles. The molecule has 1 aromatic heterocycles. The number of imidazole rings is 1. The van der Waals surface area contributed by atoms with Crippen molar-refractivity contribution >= 4 is 10.0 Å². The lowest BCUT2D eigenvalue weighted by Crippen LogP contribution is -2.19. The van der Waals surface area contributed by atoms with Gasteiger partial charge in [0.2, 0.25) is 0 Å². The molecule has 20 heavy (non-hydrogen) atoms. The molecule has 0 saturated carbocycles. The monoisotopic (exact) mass is 315 g/mol. The molecule has 2 N–H and O–H groups in total. The zero-order chi connectivity index (χ0) is 15.4. The normalized spacial score (nSPS) is 12.8. The smallest absolute Gasteiger partial charge is 0.370 e. The first-order chi connectivity index (χ1) is 9.13. The number of ether oxygens (including phenoxy) is 1. The van der Waals surface area contributed by atoms with E-state index in [1.165, 1.54) is 10.8 Å². The number of alkyl halides is 3. The van der Waals surface area contributed by atoms with E-state index in [-0.39, 0.29) is 18.2 Å². The molecule has 0 fully saturated rings. The summed E-state index contributed by atoms with van der Waals surface area (Å²) in [5.41, 5.74) is 0. The van der Waals surface area contributed by atoms with Gasteiger partial charge in [-0.15, -0.1) is 0 Å².